The van der Waals surface area contributed by atoms with Crippen LogP contribution in [0.15, 0.2) is 30.3 Å². The molecule has 2 aliphatic heterocycles. The molecule has 0 aliphatic carbocycles. The van der Waals surface area contributed by atoms with E-state index in [2.05, 4.69) is 24.0 Å². The number of likely N-dealkylation sites (tertiary alicyclic amines) is 1. The molecule has 144 valence electrons. The standard InChI is InChI=1S/C21H32N2O3/c1-15(24)18-17-11-12-21(5,23(17)19(25)26-20(2,3)4)14-22(18)13-16-9-7-6-8-10-16/h6-10,15,17-18,24H,11-14H2,1-5H3/t15?,17-,18+,21+/m0/s1. The van der Waals surface area contributed by atoms with Crippen LogP contribution in [0.3, 0.4) is 0 Å². The number of hydrogen-bond donors (Lipinski definition) is 1. The van der Waals surface area contributed by atoms with Gasteiger partial charge in [-0.2, -0.15) is 0 Å². The molecule has 5 nitrogen and oxygen atoms in total. The van der Waals surface area contributed by atoms with Gasteiger partial charge in [0.15, 0.2) is 0 Å². The second-order valence-corrected chi connectivity index (χ2v) is 9.08. The van der Waals surface area contributed by atoms with Crippen LogP contribution in [-0.2, 0) is 11.3 Å². The van der Waals surface area contributed by atoms with E-state index in [1.807, 2.05) is 50.8 Å². The summed E-state index contributed by atoms with van der Waals surface area (Å²) in [6, 6.07) is 10.2. The van der Waals surface area contributed by atoms with Gasteiger partial charge in [-0.1, -0.05) is 30.3 Å². The van der Waals surface area contributed by atoms with Crippen molar-refractivity contribution in [1.82, 2.24) is 9.80 Å². The fraction of sp³-hybridized carbons (Fsp3) is 0.667. The molecule has 3 rings (SSSR count). The molecule has 2 heterocycles. The molecular formula is C21H32N2O3. The van der Waals surface area contributed by atoms with Crippen molar-refractivity contribution in [2.24, 2.45) is 0 Å². The van der Waals surface area contributed by atoms with Gasteiger partial charge >= 0.3 is 6.09 Å². The van der Waals surface area contributed by atoms with Crippen molar-refractivity contribution in [3.05, 3.63) is 35.9 Å². The molecule has 1 amide bonds. The summed E-state index contributed by atoms with van der Waals surface area (Å²) < 4.78 is 5.69. The molecule has 2 fully saturated rings. The number of ether oxygens (including phenoxy) is 1. The molecule has 0 radical (unpaired) electrons. The van der Waals surface area contributed by atoms with Crippen LogP contribution in [0.2, 0.25) is 0 Å². The summed E-state index contributed by atoms with van der Waals surface area (Å²) in [5, 5.41) is 10.5. The molecule has 0 aromatic heterocycles. The summed E-state index contributed by atoms with van der Waals surface area (Å²) in [5.74, 6) is 0. The van der Waals surface area contributed by atoms with Crippen molar-refractivity contribution >= 4 is 6.09 Å². The molecule has 26 heavy (non-hydrogen) atoms. The van der Waals surface area contributed by atoms with E-state index in [4.69, 9.17) is 4.74 Å². The van der Waals surface area contributed by atoms with Crippen molar-refractivity contribution in [2.75, 3.05) is 6.54 Å². The van der Waals surface area contributed by atoms with E-state index in [0.717, 1.165) is 25.9 Å². The van der Waals surface area contributed by atoms with Gasteiger partial charge in [0.05, 0.1) is 23.7 Å². The Kier molecular flexibility index (Phi) is 5.06. The van der Waals surface area contributed by atoms with Gasteiger partial charge in [0.2, 0.25) is 0 Å². The smallest absolute Gasteiger partial charge is 0.411 e. The van der Waals surface area contributed by atoms with Crippen LogP contribution < -0.4 is 0 Å². The second kappa shape index (κ2) is 6.86. The van der Waals surface area contributed by atoms with Gasteiger partial charge in [0.25, 0.3) is 0 Å². The minimum absolute atomic E-state index is 0.0210. The summed E-state index contributed by atoms with van der Waals surface area (Å²) in [5.41, 5.74) is 0.452. The van der Waals surface area contributed by atoms with Crippen LogP contribution in [-0.4, -0.2) is 56.9 Å². The summed E-state index contributed by atoms with van der Waals surface area (Å²) in [7, 11) is 0. The average molecular weight is 360 g/mol. The summed E-state index contributed by atoms with van der Waals surface area (Å²) in [4.78, 5) is 17.2. The minimum atomic E-state index is -0.519. The van der Waals surface area contributed by atoms with Crippen molar-refractivity contribution in [2.45, 2.75) is 83.3 Å². The maximum Gasteiger partial charge on any atom is 0.411 e. The van der Waals surface area contributed by atoms with Crippen LogP contribution in [0.1, 0.15) is 53.0 Å². The molecule has 1 unspecified atom stereocenters. The molecular weight excluding hydrogens is 328 g/mol. The molecule has 1 N–H and O–H groups in total. The zero-order chi connectivity index (χ0) is 19.1. The molecule has 1 aromatic rings. The molecule has 0 spiro atoms. The first-order valence-corrected chi connectivity index (χ1v) is 9.59. The number of hydrogen-bond acceptors (Lipinski definition) is 4. The van der Waals surface area contributed by atoms with Gasteiger partial charge in [0, 0.05) is 13.1 Å². The highest BCUT2D eigenvalue weighted by atomic mass is 16.6. The normalized spacial score (nSPS) is 30.3. The van der Waals surface area contributed by atoms with Gasteiger partial charge in [-0.05, 0) is 53.0 Å². The number of fused-ring (bicyclic) bond motifs is 2. The van der Waals surface area contributed by atoms with E-state index in [9.17, 15) is 9.90 Å². The highest BCUT2D eigenvalue weighted by molar-refractivity contribution is 5.70. The minimum Gasteiger partial charge on any atom is -0.444 e. The molecule has 0 saturated carbocycles. The SMILES string of the molecule is CC(O)[C@@H]1[C@@H]2CC[C@](C)(CN1Cc1ccccc1)N2C(=O)OC(C)(C)C. The fourth-order valence-corrected chi connectivity index (χ4v) is 4.65. The third-order valence-electron chi connectivity index (χ3n) is 5.56. The Labute approximate surface area is 156 Å². The van der Waals surface area contributed by atoms with Crippen molar-refractivity contribution in [3.8, 4) is 0 Å². The van der Waals surface area contributed by atoms with Crippen LogP contribution in [0.4, 0.5) is 4.79 Å². The first-order valence-electron chi connectivity index (χ1n) is 9.59. The number of benzene rings is 1. The number of aliphatic hydroxyl groups excluding tert-OH is 1. The van der Waals surface area contributed by atoms with Crippen LogP contribution >= 0.6 is 0 Å². The third-order valence-corrected chi connectivity index (χ3v) is 5.56. The second-order valence-electron chi connectivity index (χ2n) is 9.08. The summed E-state index contributed by atoms with van der Waals surface area (Å²) >= 11 is 0. The van der Waals surface area contributed by atoms with Crippen molar-refractivity contribution in [3.63, 3.8) is 0 Å². The number of amides is 1. The highest BCUT2D eigenvalue weighted by Gasteiger charge is 2.56. The number of piperazine rings is 1. The summed E-state index contributed by atoms with van der Waals surface area (Å²) in [6.07, 6.45) is 1.06. The zero-order valence-electron chi connectivity index (χ0n) is 16.6. The average Bonchev–Trinajstić information content (AvgIpc) is 2.76. The maximum atomic E-state index is 12.9. The Morgan fingerprint density at radius 3 is 2.58 bits per heavy atom. The van der Waals surface area contributed by atoms with E-state index in [1.165, 1.54) is 5.56 Å². The first kappa shape index (κ1) is 19.2. The van der Waals surface area contributed by atoms with E-state index in [-0.39, 0.29) is 23.7 Å². The van der Waals surface area contributed by atoms with Gasteiger partial charge in [-0.15, -0.1) is 0 Å². The molecule has 2 saturated heterocycles. The molecule has 4 atom stereocenters. The quantitative estimate of drug-likeness (QED) is 0.897. The van der Waals surface area contributed by atoms with E-state index in [1.54, 1.807) is 0 Å². The largest absolute Gasteiger partial charge is 0.444 e. The lowest BCUT2D eigenvalue weighted by Gasteiger charge is -2.52. The van der Waals surface area contributed by atoms with E-state index >= 15 is 0 Å². The highest BCUT2D eigenvalue weighted by Crippen LogP contribution is 2.44. The molecule has 1 aromatic carbocycles. The van der Waals surface area contributed by atoms with E-state index < -0.39 is 11.7 Å². The lowest BCUT2D eigenvalue weighted by Crippen LogP contribution is -2.68. The number of aliphatic hydroxyl groups is 1. The number of nitrogens with zero attached hydrogens (tertiary/aromatic N) is 2. The van der Waals surface area contributed by atoms with Crippen molar-refractivity contribution < 1.29 is 14.6 Å². The summed E-state index contributed by atoms with van der Waals surface area (Å²) in [6.45, 7) is 11.2. The predicted octanol–water partition coefficient (Wildman–Crippen LogP) is 3.41. The first-order chi connectivity index (χ1) is 12.1. The molecule has 2 bridgehead atoms. The lowest BCUT2D eigenvalue weighted by atomic mass is 9.93. The van der Waals surface area contributed by atoms with Crippen LogP contribution in [0.25, 0.3) is 0 Å². The van der Waals surface area contributed by atoms with Crippen LogP contribution in [0.5, 0.6) is 0 Å². The van der Waals surface area contributed by atoms with E-state index in [0.29, 0.717) is 0 Å². The Bertz CT molecular complexity index is 640. The molecule has 2 aliphatic rings. The maximum absolute atomic E-state index is 12.9. The Hall–Kier alpha value is -1.59. The van der Waals surface area contributed by atoms with Crippen LogP contribution in [0, 0.1) is 0 Å². The number of carbonyl (C=O) groups is 1. The van der Waals surface area contributed by atoms with Crippen molar-refractivity contribution in [1.29, 1.82) is 0 Å². The number of rotatable bonds is 3. The van der Waals surface area contributed by atoms with Gasteiger partial charge < -0.3 is 9.84 Å². The van der Waals surface area contributed by atoms with Gasteiger partial charge in [-0.25, -0.2) is 4.79 Å². The Morgan fingerprint density at radius 1 is 1.35 bits per heavy atom. The lowest BCUT2D eigenvalue weighted by molar-refractivity contribution is -0.0777. The zero-order valence-corrected chi connectivity index (χ0v) is 16.6. The monoisotopic (exact) mass is 360 g/mol. The Balaban J connectivity index is 1.87. The predicted molar refractivity (Wildman–Crippen MR) is 102 cm³/mol. The molecule has 5 heteroatoms. The number of carbonyl (C=O) groups excluding carboxylic acids is 1. The third kappa shape index (κ3) is 3.74. The topological polar surface area (TPSA) is 53.0 Å². The van der Waals surface area contributed by atoms with Gasteiger partial charge in [-0.3, -0.25) is 9.80 Å². The fourth-order valence-electron chi connectivity index (χ4n) is 4.65. The Morgan fingerprint density at radius 2 is 2.00 bits per heavy atom. The van der Waals surface area contributed by atoms with Gasteiger partial charge in [0.1, 0.15) is 5.60 Å².